The molecule has 0 aliphatic carbocycles. The van der Waals surface area contributed by atoms with Crippen LogP contribution in [-0.2, 0) is 0 Å². The quantitative estimate of drug-likeness (QED) is 0.745. The fourth-order valence-electron chi connectivity index (χ4n) is 1.27. The van der Waals surface area contributed by atoms with Crippen LogP contribution in [0.2, 0.25) is 0 Å². The number of carboxylic acid groups (broad SMARTS) is 1. The molecule has 2 N–H and O–H groups in total. The summed E-state index contributed by atoms with van der Waals surface area (Å²) >= 11 is 1.45. The minimum atomic E-state index is -1.01. The Morgan fingerprint density at radius 3 is 2.81 bits per heavy atom. The Kier molecular flexibility index (Phi) is 5.14. The monoisotopic (exact) mass is 242 g/mol. The summed E-state index contributed by atoms with van der Waals surface area (Å²) in [7, 11) is 0. The zero-order valence-corrected chi connectivity index (χ0v) is 9.79. The Morgan fingerprint density at radius 1 is 1.50 bits per heavy atom. The average molecular weight is 242 g/mol. The Bertz CT molecular complexity index is 365. The van der Waals surface area contributed by atoms with Gasteiger partial charge >= 0.3 is 5.97 Å². The highest BCUT2D eigenvalue weighted by atomic mass is 32.2. The summed E-state index contributed by atoms with van der Waals surface area (Å²) in [6, 6.07) is 5.10. The Hall–Kier alpha value is -1.20. The van der Waals surface area contributed by atoms with Gasteiger partial charge in [-0.2, -0.15) is 0 Å². The lowest BCUT2D eigenvalue weighted by atomic mass is 10.2. The topological polar surface area (TPSA) is 66.8 Å². The number of hydrogen-bond donors (Lipinski definition) is 2. The van der Waals surface area contributed by atoms with E-state index in [1.165, 1.54) is 11.8 Å². The first-order valence-electron chi connectivity index (χ1n) is 4.93. The summed E-state index contributed by atoms with van der Waals surface area (Å²) in [5.74, 6) is 0.0912. The second-order valence-electron chi connectivity index (χ2n) is 2.94. The lowest BCUT2D eigenvalue weighted by Crippen LogP contribution is -2.08. The van der Waals surface area contributed by atoms with Crippen LogP contribution in [-0.4, -0.2) is 35.1 Å². The molecule has 0 saturated heterocycles. The van der Waals surface area contributed by atoms with Crippen molar-refractivity contribution in [3.05, 3.63) is 23.8 Å². The van der Waals surface area contributed by atoms with Gasteiger partial charge in [0.05, 0.1) is 6.61 Å². The fraction of sp³-hybridized carbons (Fsp3) is 0.364. The van der Waals surface area contributed by atoms with Crippen LogP contribution in [0.25, 0.3) is 0 Å². The second-order valence-corrected chi connectivity index (χ2v) is 4.25. The molecular formula is C11H14O4S. The van der Waals surface area contributed by atoms with Crippen molar-refractivity contribution in [2.75, 3.05) is 19.0 Å². The van der Waals surface area contributed by atoms with E-state index >= 15 is 0 Å². The summed E-state index contributed by atoms with van der Waals surface area (Å²) in [6.07, 6.45) is 0. The molecule has 5 heteroatoms. The van der Waals surface area contributed by atoms with Crippen molar-refractivity contribution >= 4 is 17.7 Å². The number of thioether (sulfide) groups is 1. The van der Waals surface area contributed by atoms with Crippen molar-refractivity contribution < 1.29 is 19.7 Å². The zero-order valence-electron chi connectivity index (χ0n) is 8.97. The molecule has 0 heterocycles. The maximum absolute atomic E-state index is 11.1. The van der Waals surface area contributed by atoms with Crippen molar-refractivity contribution in [2.24, 2.45) is 0 Å². The summed E-state index contributed by atoms with van der Waals surface area (Å²) in [6.45, 7) is 1.92. The van der Waals surface area contributed by atoms with E-state index in [2.05, 4.69) is 0 Å². The third-order valence-corrected chi connectivity index (χ3v) is 2.79. The first kappa shape index (κ1) is 12.9. The van der Waals surface area contributed by atoms with Gasteiger partial charge in [-0.15, -0.1) is 11.8 Å². The second kappa shape index (κ2) is 6.40. The number of rotatable bonds is 6. The van der Waals surface area contributed by atoms with E-state index in [1.807, 2.05) is 6.92 Å². The summed E-state index contributed by atoms with van der Waals surface area (Å²) in [4.78, 5) is 11.8. The molecule has 0 radical (unpaired) electrons. The molecule has 0 bridgehead atoms. The molecule has 0 aliphatic rings. The van der Waals surface area contributed by atoms with Crippen molar-refractivity contribution in [3.8, 4) is 5.75 Å². The van der Waals surface area contributed by atoms with Gasteiger partial charge in [-0.1, -0.05) is 13.0 Å². The van der Waals surface area contributed by atoms with Crippen LogP contribution in [0, 0.1) is 0 Å². The molecule has 0 fully saturated rings. The maximum Gasteiger partial charge on any atom is 0.340 e. The predicted octanol–water partition coefficient (Wildman–Crippen LogP) is 1.87. The molecular weight excluding hydrogens is 228 g/mol. The van der Waals surface area contributed by atoms with Crippen LogP contribution in [0.3, 0.4) is 0 Å². The number of carbonyl (C=O) groups is 1. The third kappa shape index (κ3) is 3.15. The smallest absolute Gasteiger partial charge is 0.340 e. The molecule has 0 unspecified atom stereocenters. The van der Waals surface area contributed by atoms with Crippen molar-refractivity contribution in [3.63, 3.8) is 0 Å². The van der Waals surface area contributed by atoms with Gasteiger partial charge in [-0.3, -0.25) is 0 Å². The van der Waals surface area contributed by atoms with E-state index in [9.17, 15) is 4.79 Å². The number of aliphatic hydroxyl groups excluding tert-OH is 1. The van der Waals surface area contributed by atoms with E-state index < -0.39 is 5.97 Å². The van der Waals surface area contributed by atoms with Gasteiger partial charge in [0.1, 0.15) is 17.9 Å². The molecule has 4 nitrogen and oxygen atoms in total. The highest BCUT2D eigenvalue weighted by Crippen LogP contribution is 2.30. The van der Waals surface area contributed by atoms with Gasteiger partial charge in [-0.25, -0.2) is 4.79 Å². The molecule has 0 amide bonds. The number of benzene rings is 1. The third-order valence-electron chi connectivity index (χ3n) is 1.85. The standard InChI is InChI=1S/C11H14O4S/c1-2-16-9-5-3-4-8(15-7-6-12)10(9)11(13)14/h3-5,12H,2,6-7H2,1H3,(H,13,14). The summed E-state index contributed by atoms with van der Waals surface area (Å²) in [5, 5.41) is 17.8. The minimum Gasteiger partial charge on any atom is -0.490 e. The highest BCUT2D eigenvalue weighted by molar-refractivity contribution is 7.99. The number of hydrogen-bond acceptors (Lipinski definition) is 4. The van der Waals surface area contributed by atoms with Crippen molar-refractivity contribution in [1.29, 1.82) is 0 Å². The SMILES string of the molecule is CCSc1cccc(OCCO)c1C(=O)O. The van der Waals surface area contributed by atoms with Crippen LogP contribution in [0.1, 0.15) is 17.3 Å². The first-order chi connectivity index (χ1) is 7.70. The lowest BCUT2D eigenvalue weighted by molar-refractivity contribution is 0.0686. The highest BCUT2D eigenvalue weighted by Gasteiger charge is 2.16. The van der Waals surface area contributed by atoms with Gasteiger partial charge in [-0.05, 0) is 17.9 Å². The molecule has 0 saturated carbocycles. The molecule has 0 aromatic heterocycles. The van der Waals surface area contributed by atoms with Crippen LogP contribution in [0.4, 0.5) is 0 Å². The molecule has 16 heavy (non-hydrogen) atoms. The van der Waals surface area contributed by atoms with Crippen molar-refractivity contribution in [2.45, 2.75) is 11.8 Å². The van der Waals surface area contributed by atoms with Crippen molar-refractivity contribution in [1.82, 2.24) is 0 Å². The number of ether oxygens (including phenoxy) is 1. The molecule has 1 aromatic carbocycles. The summed E-state index contributed by atoms with van der Waals surface area (Å²) < 4.78 is 5.19. The molecule has 0 aliphatic heterocycles. The largest absolute Gasteiger partial charge is 0.490 e. The Balaban J connectivity index is 3.05. The Labute approximate surface area is 98.2 Å². The van der Waals surface area contributed by atoms with E-state index in [-0.39, 0.29) is 18.8 Å². The lowest BCUT2D eigenvalue weighted by Gasteiger charge is -2.11. The number of carboxylic acids is 1. The molecule has 88 valence electrons. The maximum atomic E-state index is 11.1. The van der Waals surface area contributed by atoms with E-state index in [4.69, 9.17) is 14.9 Å². The number of aromatic carboxylic acids is 1. The van der Waals surface area contributed by atoms with Gasteiger partial charge in [0, 0.05) is 4.90 Å². The van der Waals surface area contributed by atoms with Crippen LogP contribution >= 0.6 is 11.8 Å². The van der Waals surface area contributed by atoms with Gasteiger partial charge < -0.3 is 14.9 Å². The zero-order chi connectivity index (χ0) is 12.0. The van der Waals surface area contributed by atoms with E-state index in [1.54, 1.807) is 18.2 Å². The van der Waals surface area contributed by atoms with Gasteiger partial charge in [0.15, 0.2) is 0 Å². The van der Waals surface area contributed by atoms with Crippen LogP contribution < -0.4 is 4.74 Å². The molecule has 1 aromatic rings. The predicted molar refractivity (Wildman–Crippen MR) is 62.4 cm³/mol. The number of aliphatic hydroxyl groups is 1. The Morgan fingerprint density at radius 2 is 2.25 bits per heavy atom. The van der Waals surface area contributed by atoms with Gasteiger partial charge in [0.25, 0.3) is 0 Å². The van der Waals surface area contributed by atoms with Crippen LogP contribution in [0.15, 0.2) is 23.1 Å². The normalized spacial score (nSPS) is 10.1. The van der Waals surface area contributed by atoms with Gasteiger partial charge in [0.2, 0.25) is 0 Å². The first-order valence-corrected chi connectivity index (χ1v) is 5.92. The molecule has 1 rings (SSSR count). The summed E-state index contributed by atoms with van der Waals surface area (Å²) in [5.41, 5.74) is 0.169. The average Bonchev–Trinajstić information content (AvgIpc) is 2.26. The molecule has 0 spiro atoms. The minimum absolute atomic E-state index is 0.0977. The fourth-order valence-corrected chi connectivity index (χ4v) is 2.09. The van der Waals surface area contributed by atoms with E-state index in [0.717, 1.165) is 5.75 Å². The van der Waals surface area contributed by atoms with E-state index in [0.29, 0.717) is 10.6 Å². The molecule has 0 atom stereocenters. The van der Waals surface area contributed by atoms with Crippen LogP contribution in [0.5, 0.6) is 5.75 Å².